The van der Waals surface area contributed by atoms with Crippen LogP contribution >= 0.6 is 22.6 Å². The Bertz CT molecular complexity index is 64.3. The molecule has 0 amide bonds. The van der Waals surface area contributed by atoms with Crippen molar-refractivity contribution in [1.82, 2.24) is 0 Å². The van der Waals surface area contributed by atoms with Gasteiger partial charge in [0.05, 0.1) is 4.05 Å². The van der Waals surface area contributed by atoms with Gasteiger partial charge in [-0.25, -0.2) is 0 Å². The lowest BCUT2D eigenvalue weighted by Gasteiger charge is -2.01. The maximum Gasteiger partial charge on any atom is 0.0568 e. The Balaban J connectivity index is 2.77. The lowest BCUT2D eigenvalue weighted by atomic mass is 10.1. The van der Waals surface area contributed by atoms with E-state index in [-0.39, 0.29) is 0 Å². The smallest absolute Gasteiger partial charge is 0.0568 e. The Labute approximate surface area is 77.9 Å². The molecule has 0 aliphatic heterocycles. The van der Waals surface area contributed by atoms with Crippen LogP contribution in [0.3, 0.4) is 0 Å². The van der Waals surface area contributed by atoms with Crippen molar-refractivity contribution in [3.8, 4) is 0 Å². The predicted molar refractivity (Wildman–Crippen MR) is 55.4 cm³/mol. The van der Waals surface area contributed by atoms with Gasteiger partial charge in [-0.05, 0) is 6.42 Å². The van der Waals surface area contributed by atoms with E-state index in [0.717, 1.165) is 0 Å². The molecule has 2 N–H and O–H groups in total. The number of hydrogen-bond donors (Lipinski definition) is 1. The molecule has 0 spiro atoms. The summed E-state index contributed by atoms with van der Waals surface area (Å²) < 4.78 is 0.374. The summed E-state index contributed by atoms with van der Waals surface area (Å²) in [5.74, 6) is 0. The van der Waals surface area contributed by atoms with Crippen LogP contribution < -0.4 is 5.73 Å². The molecule has 0 aromatic heterocycles. The van der Waals surface area contributed by atoms with Crippen LogP contribution in [0.1, 0.15) is 45.4 Å². The van der Waals surface area contributed by atoms with E-state index in [1.165, 1.54) is 38.5 Å². The standard InChI is InChI=1S/C8H18IN/c1-2-3-4-5-6-7-8(9)10/h8H,2-7,10H2,1H3. The number of rotatable bonds is 6. The molecule has 0 aromatic rings. The number of nitrogens with two attached hydrogens (primary N) is 1. The van der Waals surface area contributed by atoms with Crippen LogP contribution in [-0.4, -0.2) is 4.05 Å². The maximum absolute atomic E-state index is 5.59. The molecule has 1 nitrogen and oxygen atoms in total. The summed E-state index contributed by atoms with van der Waals surface area (Å²) in [4.78, 5) is 0. The average molecular weight is 255 g/mol. The van der Waals surface area contributed by atoms with Gasteiger partial charge >= 0.3 is 0 Å². The molecule has 0 saturated carbocycles. The Morgan fingerprint density at radius 2 is 1.80 bits per heavy atom. The van der Waals surface area contributed by atoms with Crippen LogP contribution in [0.5, 0.6) is 0 Å². The van der Waals surface area contributed by atoms with Gasteiger partial charge in [0.1, 0.15) is 0 Å². The van der Waals surface area contributed by atoms with E-state index >= 15 is 0 Å². The van der Waals surface area contributed by atoms with E-state index in [1.807, 2.05) is 0 Å². The minimum atomic E-state index is 0.374. The van der Waals surface area contributed by atoms with Crippen molar-refractivity contribution in [3.63, 3.8) is 0 Å². The first kappa shape index (κ1) is 10.7. The highest BCUT2D eigenvalue weighted by atomic mass is 127. The Kier molecular flexibility index (Phi) is 8.33. The van der Waals surface area contributed by atoms with Crippen molar-refractivity contribution in [2.45, 2.75) is 49.5 Å². The first-order valence-corrected chi connectivity index (χ1v) is 5.41. The number of alkyl halides is 1. The normalized spacial score (nSPS) is 13.5. The van der Waals surface area contributed by atoms with Crippen molar-refractivity contribution in [1.29, 1.82) is 0 Å². The largest absolute Gasteiger partial charge is 0.320 e. The summed E-state index contributed by atoms with van der Waals surface area (Å²) in [6.45, 7) is 2.24. The molecule has 0 aliphatic rings. The molecule has 62 valence electrons. The second-order valence-corrected chi connectivity index (χ2v) is 4.32. The number of halogens is 1. The Morgan fingerprint density at radius 1 is 1.20 bits per heavy atom. The lowest BCUT2D eigenvalue weighted by molar-refractivity contribution is 0.607. The van der Waals surface area contributed by atoms with E-state index in [4.69, 9.17) is 5.73 Å². The topological polar surface area (TPSA) is 26.0 Å². The zero-order valence-electron chi connectivity index (χ0n) is 6.78. The average Bonchev–Trinajstić information content (AvgIpc) is 1.87. The SMILES string of the molecule is CCCCCCCC(N)I. The van der Waals surface area contributed by atoms with Gasteiger partial charge in [-0.1, -0.05) is 61.6 Å². The summed E-state index contributed by atoms with van der Waals surface area (Å²) >= 11 is 2.28. The summed E-state index contributed by atoms with van der Waals surface area (Å²) in [6.07, 6.45) is 7.96. The molecule has 0 rings (SSSR count). The summed E-state index contributed by atoms with van der Waals surface area (Å²) in [6, 6.07) is 0. The fraction of sp³-hybridized carbons (Fsp3) is 1.00. The predicted octanol–water partition coefficient (Wildman–Crippen LogP) is 3.07. The summed E-state index contributed by atoms with van der Waals surface area (Å²) in [7, 11) is 0. The molecular formula is C8H18IN. The highest BCUT2D eigenvalue weighted by Crippen LogP contribution is 2.08. The Morgan fingerprint density at radius 3 is 2.30 bits per heavy atom. The number of unbranched alkanes of at least 4 members (excludes halogenated alkanes) is 4. The van der Waals surface area contributed by atoms with Crippen LogP contribution in [-0.2, 0) is 0 Å². The van der Waals surface area contributed by atoms with Crippen molar-refractivity contribution in [2.75, 3.05) is 0 Å². The first-order valence-electron chi connectivity index (χ1n) is 4.17. The Hall–Kier alpha value is 0.690. The fourth-order valence-corrected chi connectivity index (χ4v) is 1.38. The van der Waals surface area contributed by atoms with Crippen LogP contribution in [0.25, 0.3) is 0 Å². The second kappa shape index (κ2) is 7.79. The molecular weight excluding hydrogens is 237 g/mol. The first-order chi connectivity index (χ1) is 4.77. The molecule has 0 saturated heterocycles. The van der Waals surface area contributed by atoms with Gasteiger partial charge in [-0.3, -0.25) is 0 Å². The summed E-state index contributed by atoms with van der Waals surface area (Å²) in [5.41, 5.74) is 5.59. The quantitative estimate of drug-likeness (QED) is 0.335. The van der Waals surface area contributed by atoms with Gasteiger partial charge in [0, 0.05) is 0 Å². The van der Waals surface area contributed by atoms with Crippen molar-refractivity contribution in [2.24, 2.45) is 5.73 Å². The molecule has 0 aromatic carbocycles. The molecule has 10 heavy (non-hydrogen) atoms. The molecule has 1 atom stereocenters. The third-order valence-electron chi connectivity index (χ3n) is 1.58. The summed E-state index contributed by atoms with van der Waals surface area (Å²) in [5, 5.41) is 0. The molecule has 2 heteroatoms. The second-order valence-electron chi connectivity index (χ2n) is 2.72. The molecule has 0 radical (unpaired) electrons. The van der Waals surface area contributed by atoms with E-state index in [0.29, 0.717) is 4.05 Å². The van der Waals surface area contributed by atoms with Crippen molar-refractivity contribution in [3.05, 3.63) is 0 Å². The third-order valence-corrected chi connectivity index (χ3v) is 2.21. The van der Waals surface area contributed by atoms with E-state index in [9.17, 15) is 0 Å². The molecule has 1 unspecified atom stereocenters. The van der Waals surface area contributed by atoms with Crippen LogP contribution in [0.2, 0.25) is 0 Å². The van der Waals surface area contributed by atoms with Crippen molar-refractivity contribution < 1.29 is 0 Å². The van der Waals surface area contributed by atoms with Crippen LogP contribution in [0.4, 0.5) is 0 Å². The minimum absolute atomic E-state index is 0.374. The van der Waals surface area contributed by atoms with E-state index in [2.05, 4.69) is 29.5 Å². The monoisotopic (exact) mass is 255 g/mol. The highest BCUT2D eigenvalue weighted by Gasteiger charge is 1.94. The van der Waals surface area contributed by atoms with Gasteiger partial charge in [0.2, 0.25) is 0 Å². The van der Waals surface area contributed by atoms with E-state index < -0.39 is 0 Å². The zero-order valence-corrected chi connectivity index (χ0v) is 8.93. The van der Waals surface area contributed by atoms with E-state index in [1.54, 1.807) is 0 Å². The lowest BCUT2D eigenvalue weighted by Crippen LogP contribution is -2.09. The fourth-order valence-electron chi connectivity index (χ4n) is 0.943. The van der Waals surface area contributed by atoms with Crippen molar-refractivity contribution >= 4 is 22.6 Å². The maximum atomic E-state index is 5.59. The third kappa shape index (κ3) is 8.69. The molecule has 0 bridgehead atoms. The van der Waals surface area contributed by atoms with Gasteiger partial charge in [-0.15, -0.1) is 0 Å². The molecule has 0 aliphatic carbocycles. The highest BCUT2D eigenvalue weighted by molar-refractivity contribution is 14.1. The van der Waals surface area contributed by atoms with Crippen LogP contribution in [0.15, 0.2) is 0 Å². The van der Waals surface area contributed by atoms with Gasteiger partial charge in [0.25, 0.3) is 0 Å². The zero-order chi connectivity index (χ0) is 7.82. The van der Waals surface area contributed by atoms with Gasteiger partial charge in [-0.2, -0.15) is 0 Å². The van der Waals surface area contributed by atoms with Gasteiger partial charge in [0.15, 0.2) is 0 Å². The molecule has 0 fully saturated rings. The minimum Gasteiger partial charge on any atom is -0.320 e. The van der Waals surface area contributed by atoms with Crippen LogP contribution in [0, 0.1) is 0 Å². The molecule has 0 heterocycles. The number of hydrogen-bond acceptors (Lipinski definition) is 1. The van der Waals surface area contributed by atoms with Gasteiger partial charge < -0.3 is 5.73 Å².